The fourth-order valence-electron chi connectivity index (χ4n) is 2.01. The fourth-order valence-corrected chi connectivity index (χ4v) is 2.65. The lowest BCUT2D eigenvalue weighted by Gasteiger charge is -2.07. The normalized spacial score (nSPS) is 10.1. The Morgan fingerprint density at radius 2 is 1.88 bits per heavy atom. The first-order valence-electron chi connectivity index (χ1n) is 7.93. The van der Waals surface area contributed by atoms with Crippen molar-refractivity contribution >= 4 is 34.8 Å². The Bertz CT molecular complexity index is 711. The van der Waals surface area contributed by atoms with E-state index in [2.05, 4.69) is 17.6 Å². The number of thiophene rings is 1. The second kappa shape index (κ2) is 9.58. The number of nitrogens with one attached hydrogen (secondary N) is 2. The summed E-state index contributed by atoms with van der Waals surface area (Å²) in [6, 6.07) is 9.17. The van der Waals surface area contributed by atoms with E-state index in [0.29, 0.717) is 11.3 Å². The number of rotatable bonds is 8. The number of amides is 2. The fraction of sp³-hybridized carbons (Fsp3) is 0.278. The van der Waals surface area contributed by atoms with Gasteiger partial charge in [-0.1, -0.05) is 19.1 Å². The van der Waals surface area contributed by atoms with E-state index in [9.17, 15) is 14.4 Å². The van der Waals surface area contributed by atoms with Crippen LogP contribution in [0, 0.1) is 0 Å². The van der Waals surface area contributed by atoms with Crippen LogP contribution in [0.3, 0.4) is 0 Å². The molecule has 0 unspecified atom stereocenters. The van der Waals surface area contributed by atoms with Crippen molar-refractivity contribution in [1.82, 2.24) is 5.32 Å². The molecule has 1 aromatic heterocycles. The Hall–Kier alpha value is -2.67. The van der Waals surface area contributed by atoms with Gasteiger partial charge in [-0.15, -0.1) is 0 Å². The van der Waals surface area contributed by atoms with Crippen molar-refractivity contribution in [1.29, 1.82) is 0 Å². The number of carbonyl (C=O) groups is 3. The molecule has 0 radical (unpaired) electrons. The number of benzene rings is 1. The zero-order valence-corrected chi connectivity index (χ0v) is 14.7. The molecule has 2 aromatic rings. The van der Waals surface area contributed by atoms with Crippen LogP contribution in [0.25, 0.3) is 0 Å². The maximum atomic E-state index is 11.8. The third kappa shape index (κ3) is 6.39. The second-order valence-electron chi connectivity index (χ2n) is 5.28. The number of ether oxygens (including phenoxy) is 1. The summed E-state index contributed by atoms with van der Waals surface area (Å²) in [5.74, 6) is -1.18. The zero-order chi connectivity index (χ0) is 18.1. The van der Waals surface area contributed by atoms with Gasteiger partial charge in [-0.05, 0) is 35.6 Å². The summed E-state index contributed by atoms with van der Waals surface area (Å²) >= 11 is 1.42. The largest absolute Gasteiger partial charge is 0.456 e. The Labute approximate surface area is 150 Å². The summed E-state index contributed by atoms with van der Waals surface area (Å²) in [5.41, 5.74) is 2.39. The van der Waals surface area contributed by atoms with Gasteiger partial charge in [0.05, 0.1) is 6.42 Å². The molecule has 0 aliphatic carbocycles. The molecule has 25 heavy (non-hydrogen) atoms. The van der Waals surface area contributed by atoms with Crippen LogP contribution in [0.5, 0.6) is 0 Å². The Kier molecular flexibility index (Phi) is 7.16. The van der Waals surface area contributed by atoms with Crippen molar-refractivity contribution in [3.63, 3.8) is 0 Å². The number of anilines is 1. The molecule has 7 heteroatoms. The number of hydrogen-bond donors (Lipinski definition) is 2. The minimum atomic E-state index is -0.540. The van der Waals surface area contributed by atoms with Crippen molar-refractivity contribution in [2.75, 3.05) is 18.5 Å². The summed E-state index contributed by atoms with van der Waals surface area (Å²) in [6.07, 6.45) is 0.934. The molecule has 0 fully saturated rings. The Balaban J connectivity index is 1.63. The van der Waals surface area contributed by atoms with Crippen LogP contribution < -0.4 is 10.6 Å². The SMILES string of the molecule is CCc1ccc(NC(=O)COC(=O)CCNC(=O)c2ccsc2)cc1. The molecule has 0 saturated heterocycles. The van der Waals surface area contributed by atoms with Crippen LogP contribution in [0.2, 0.25) is 0 Å². The van der Waals surface area contributed by atoms with Gasteiger partial charge in [0.2, 0.25) is 0 Å². The van der Waals surface area contributed by atoms with Crippen molar-refractivity contribution in [3.8, 4) is 0 Å². The minimum absolute atomic E-state index is 0.00829. The average Bonchev–Trinajstić information content (AvgIpc) is 3.15. The maximum absolute atomic E-state index is 11.8. The average molecular weight is 360 g/mol. The standard InChI is InChI=1S/C18H20N2O4S/c1-2-13-3-5-15(6-4-13)20-16(21)11-24-17(22)7-9-19-18(23)14-8-10-25-12-14/h3-6,8,10,12H,2,7,9,11H2,1H3,(H,19,23)(H,20,21). The number of hydrogen-bond acceptors (Lipinski definition) is 5. The second-order valence-corrected chi connectivity index (χ2v) is 6.06. The molecular weight excluding hydrogens is 340 g/mol. The van der Waals surface area contributed by atoms with E-state index in [1.807, 2.05) is 12.1 Å². The summed E-state index contributed by atoms with van der Waals surface area (Å²) < 4.78 is 4.89. The van der Waals surface area contributed by atoms with E-state index < -0.39 is 11.9 Å². The molecule has 132 valence electrons. The molecular formula is C18H20N2O4S. The van der Waals surface area contributed by atoms with Crippen LogP contribution in [0.1, 0.15) is 29.3 Å². The van der Waals surface area contributed by atoms with E-state index in [0.717, 1.165) is 6.42 Å². The quantitative estimate of drug-likeness (QED) is 0.709. The van der Waals surface area contributed by atoms with Crippen LogP contribution in [0.4, 0.5) is 5.69 Å². The summed E-state index contributed by atoms with van der Waals surface area (Å²) in [7, 11) is 0. The molecule has 6 nitrogen and oxygen atoms in total. The molecule has 0 saturated carbocycles. The molecule has 0 aliphatic heterocycles. The van der Waals surface area contributed by atoms with Crippen molar-refractivity contribution < 1.29 is 19.1 Å². The van der Waals surface area contributed by atoms with Gasteiger partial charge in [-0.25, -0.2) is 0 Å². The van der Waals surface area contributed by atoms with Gasteiger partial charge < -0.3 is 15.4 Å². The maximum Gasteiger partial charge on any atom is 0.308 e. The van der Waals surface area contributed by atoms with Gasteiger partial charge in [0.1, 0.15) is 0 Å². The van der Waals surface area contributed by atoms with Gasteiger partial charge in [0.15, 0.2) is 6.61 Å². The Morgan fingerprint density at radius 1 is 1.12 bits per heavy atom. The molecule has 0 bridgehead atoms. The van der Waals surface area contributed by atoms with Gasteiger partial charge in [-0.3, -0.25) is 14.4 Å². The molecule has 0 aliphatic rings. The minimum Gasteiger partial charge on any atom is -0.456 e. The molecule has 2 N–H and O–H groups in total. The van der Waals surface area contributed by atoms with Crippen molar-refractivity contribution in [3.05, 3.63) is 52.2 Å². The number of esters is 1. The monoisotopic (exact) mass is 360 g/mol. The van der Waals surface area contributed by atoms with Gasteiger partial charge in [0, 0.05) is 23.2 Å². The van der Waals surface area contributed by atoms with E-state index in [-0.39, 0.29) is 25.5 Å². The van der Waals surface area contributed by atoms with Gasteiger partial charge in [-0.2, -0.15) is 11.3 Å². The van der Waals surface area contributed by atoms with Crippen LogP contribution in [-0.2, 0) is 20.7 Å². The highest BCUT2D eigenvalue weighted by atomic mass is 32.1. The lowest BCUT2D eigenvalue weighted by atomic mass is 10.1. The summed E-state index contributed by atoms with van der Waals surface area (Å²) in [6.45, 7) is 1.86. The lowest BCUT2D eigenvalue weighted by molar-refractivity contribution is -0.147. The summed E-state index contributed by atoms with van der Waals surface area (Å²) in [4.78, 5) is 35.0. The number of carbonyl (C=O) groups excluding carboxylic acids is 3. The highest BCUT2D eigenvalue weighted by Crippen LogP contribution is 2.09. The first kappa shape index (κ1) is 18.7. The van der Waals surface area contributed by atoms with Crippen LogP contribution >= 0.6 is 11.3 Å². The number of aryl methyl sites for hydroxylation is 1. The molecule has 2 amide bonds. The van der Waals surface area contributed by atoms with Crippen molar-refractivity contribution in [2.45, 2.75) is 19.8 Å². The third-order valence-electron chi connectivity index (χ3n) is 3.41. The highest BCUT2D eigenvalue weighted by molar-refractivity contribution is 7.08. The molecule has 1 aromatic carbocycles. The predicted octanol–water partition coefficient (Wildman–Crippen LogP) is 2.61. The smallest absolute Gasteiger partial charge is 0.308 e. The molecule has 0 atom stereocenters. The lowest BCUT2D eigenvalue weighted by Crippen LogP contribution is -2.27. The van der Waals surface area contributed by atoms with Gasteiger partial charge >= 0.3 is 5.97 Å². The molecule has 2 rings (SSSR count). The van der Waals surface area contributed by atoms with Crippen molar-refractivity contribution in [2.24, 2.45) is 0 Å². The van der Waals surface area contributed by atoms with E-state index in [1.54, 1.807) is 29.0 Å². The van der Waals surface area contributed by atoms with E-state index in [1.165, 1.54) is 16.9 Å². The first-order chi connectivity index (χ1) is 12.1. The van der Waals surface area contributed by atoms with Crippen LogP contribution in [0.15, 0.2) is 41.1 Å². The van der Waals surface area contributed by atoms with Gasteiger partial charge in [0.25, 0.3) is 11.8 Å². The molecule has 0 spiro atoms. The highest BCUT2D eigenvalue weighted by Gasteiger charge is 2.10. The zero-order valence-electron chi connectivity index (χ0n) is 13.9. The topological polar surface area (TPSA) is 84.5 Å². The molecule has 1 heterocycles. The Morgan fingerprint density at radius 3 is 2.52 bits per heavy atom. The predicted molar refractivity (Wildman–Crippen MR) is 96.7 cm³/mol. The van der Waals surface area contributed by atoms with Crippen LogP contribution in [-0.4, -0.2) is 30.9 Å². The van der Waals surface area contributed by atoms with E-state index in [4.69, 9.17) is 4.74 Å². The summed E-state index contributed by atoms with van der Waals surface area (Å²) in [5, 5.41) is 8.81. The first-order valence-corrected chi connectivity index (χ1v) is 8.87. The van der Waals surface area contributed by atoms with E-state index >= 15 is 0 Å². The third-order valence-corrected chi connectivity index (χ3v) is 4.09.